The predicted octanol–water partition coefficient (Wildman–Crippen LogP) is 0.813. The van der Waals surface area contributed by atoms with E-state index in [0.29, 0.717) is 5.75 Å². The Labute approximate surface area is 129 Å². The van der Waals surface area contributed by atoms with Gasteiger partial charge in [-0.3, -0.25) is 9.59 Å². The maximum Gasteiger partial charge on any atom is 0.307 e. The highest BCUT2D eigenvalue weighted by Gasteiger charge is 2.26. The molecular weight excluding hydrogens is 284 g/mol. The highest BCUT2D eigenvalue weighted by Crippen LogP contribution is 2.26. The zero-order valence-corrected chi connectivity index (χ0v) is 12.9. The lowest BCUT2D eigenvalue weighted by Gasteiger charge is -2.24. The van der Waals surface area contributed by atoms with Gasteiger partial charge in [0, 0.05) is 20.1 Å². The Bertz CT molecular complexity index is 571. The van der Waals surface area contributed by atoms with E-state index in [1.807, 2.05) is 12.1 Å². The number of fused-ring (bicyclic) bond motifs is 1. The minimum Gasteiger partial charge on any atom is -0.481 e. The molecule has 0 heterocycles. The molecule has 0 saturated carbocycles. The van der Waals surface area contributed by atoms with E-state index in [1.165, 1.54) is 10.5 Å². The molecule has 6 nitrogen and oxygen atoms in total. The standard InChI is InChI=1S/C16H22N2O4/c1-18(2)16(21)14(9-15(19)20)22-13-6-4-10-3-5-12(17)7-11(10)8-13/h4,6,8,12,14H,3,5,7,9,17H2,1-2H3,(H,19,20). The van der Waals surface area contributed by atoms with Crippen molar-refractivity contribution in [1.29, 1.82) is 0 Å². The van der Waals surface area contributed by atoms with Gasteiger partial charge in [-0.05, 0) is 42.5 Å². The summed E-state index contributed by atoms with van der Waals surface area (Å²) in [6.45, 7) is 0. The number of amides is 1. The van der Waals surface area contributed by atoms with Crippen molar-refractivity contribution in [3.05, 3.63) is 29.3 Å². The van der Waals surface area contributed by atoms with Crippen molar-refractivity contribution in [3.63, 3.8) is 0 Å². The first-order chi connectivity index (χ1) is 10.4. The molecule has 1 amide bonds. The zero-order chi connectivity index (χ0) is 16.3. The molecule has 1 aliphatic rings. The molecule has 3 N–H and O–H groups in total. The average molecular weight is 306 g/mol. The van der Waals surface area contributed by atoms with Crippen molar-refractivity contribution in [1.82, 2.24) is 4.90 Å². The number of hydrogen-bond acceptors (Lipinski definition) is 4. The molecule has 0 aromatic heterocycles. The first kappa shape index (κ1) is 16.3. The van der Waals surface area contributed by atoms with Gasteiger partial charge in [0.1, 0.15) is 5.75 Å². The SMILES string of the molecule is CN(C)C(=O)C(CC(=O)O)Oc1ccc2c(c1)CC(N)CC2. The number of carbonyl (C=O) groups excluding carboxylic acids is 1. The number of carboxylic acids is 1. The van der Waals surface area contributed by atoms with Crippen molar-refractivity contribution in [2.24, 2.45) is 5.73 Å². The Hall–Kier alpha value is -2.08. The smallest absolute Gasteiger partial charge is 0.307 e. The molecule has 2 rings (SSSR count). The third-order valence-electron chi connectivity index (χ3n) is 3.80. The van der Waals surface area contributed by atoms with Crippen LogP contribution in [-0.4, -0.2) is 48.1 Å². The van der Waals surface area contributed by atoms with Crippen LogP contribution in [0.4, 0.5) is 0 Å². The number of nitrogens with two attached hydrogens (primary N) is 1. The Kier molecular flexibility index (Phi) is 5.03. The van der Waals surface area contributed by atoms with Crippen LogP contribution >= 0.6 is 0 Å². The van der Waals surface area contributed by atoms with E-state index in [0.717, 1.165) is 24.8 Å². The Morgan fingerprint density at radius 3 is 2.77 bits per heavy atom. The number of hydrogen-bond donors (Lipinski definition) is 2. The van der Waals surface area contributed by atoms with Gasteiger partial charge in [0.05, 0.1) is 6.42 Å². The molecule has 1 aromatic rings. The molecule has 1 aromatic carbocycles. The summed E-state index contributed by atoms with van der Waals surface area (Å²) in [7, 11) is 3.15. The van der Waals surface area contributed by atoms with Crippen LogP contribution in [-0.2, 0) is 22.4 Å². The highest BCUT2D eigenvalue weighted by atomic mass is 16.5. The quantitative estimate of drug-likeness (QED) is 0.840. The normalized spacial score (nSPS) is 18.2. The van der Waals surface area contributed by atoms with Gasteiger partial charge in [-0.25, -0.2) is 0 Å². The van der Waals surface area contributed by atoms with Crippen LogP contribution in [0.5, 0.6) is 5.75 Å². The molecule has 0 spiro atoms. The number of carbonyl (C=O) groups is 2. The maximum atomic E-state index is 12.0. The molecule has 0 radical (unpaired) electrons. The number of rotatable bonds is 5. The fourth-order valence-corrected chi connectivity index (χ4v) is 2.63. The molecule has 2 atom stereocenters. The lowest BCUT2D eigenvalue weighted by Crippen LogP contribution is -2.39. The van der Waals surface area contributed by atoms with Gasteiger partial charge < -0.3 is 20.5 Å². The second-order valence-electron chi connectivity index (χ2n) is 5.87. The lowest BCUT2D eigenvalue weighted by atomic mass is 9.89. The van der Waals surface area contributed by atoms with Crippen LogP contribution in [0.2, 0.25) is 0 Å². The molecule has 6 heteroatoms. The van der Waals surface area contributed by atoms with Gasteiger partial charge in [-0.15, -0.1) is 0 Å². The number of ether oxygens (including phenoxy) is 1. The maximum absolute atomic E-state index is 12.0. The Morgan fingerprint density at radius 1 is 1.41 bits per heavy atom. The molecule has 0 aliphatic heterocycles. The first-order valence-corrected chi connectivity index (χ1v) is 7.34. The summed E-state index contributed by atoms with van der Waals surface area (Å²) >= 11 is 0. The van der Waals surface area contributed by atoms with Crippen LogP contribution in [0.15, 0.2) is 18.2 Å². The molecule has 0 fully saturated rings. The van der Waals surface area contributed by atoms with Gasteiger partial charge in [0.25, 0.3) is 5.91 Å². The number of benzene rings is 1. The molecule has 22 heavy (non-hydrogen) atoms. The monoisotopic (exact) mass is 306 g/mol. The van der Waals surface area contributed by atoms with E-state index in [2.05, 4.69) is 0 Å². The highest BCUT2D eigenvalue weighted by molar-refractivity contribution is 5.85. The summed E-state index contributed by atoms with van der Waals surface area (Å²) in [6.07, 6.45) is 1.29. The molecule has 2 unspecified atom stereocenters. The van der Waals surface area contributed by atoms with E-state index in [1.54, 1.807) is 20.2 Å². The first-order valence-electron chi connectivity index (χ1n) is 7.34. The van der Waals surface area contributed by atoms with Gasteiger partial charge >= 0.3 is 5.97 Å². The Balaban J connectivity index is 2.17. The average Bonchev–Trinajstić information content (AvgIpc) is 2.44. The summed E-state index contributed by atoms with van der Waals surface area (Å²) in [5.74, 6) is -0.925. The predicted molar refractivity (Wildman–Crippen MR) is 81.8 cm³/mol. The number of likely N-dealkylation sites (N-methyl/N-ethyl adjacent to an activating group) is 1. The van der Waals surface area contributed by atoms with E-state index in [-0.39, 0.29) is 18.4 Å². The van der Waals surface area contributed by atoms with E-state index in [4.69, 9.17) is 15.6 Å². The van der Waals surface area contributed by atoms with Gasteiger partial charge in [-0.1, -0.05) is 6.07 Å². The van der Waals surface area contributed by atoms with Gasteiger partial charge in [-0.2, -0.15) is 0 Å². The lowest BCUT2D eigenvalue weighted by molar-refractivity contribution is -0.146. The van der Waals surface area contributed by atoms with Gasteiger partial charge in [0.2, 0.25) is 0 Å². The molecule has 1 aliphatic carbocycles. The number of nitrogens with zero attached hydrogens (tertiary/aromatic N) is 1. The second-order valence-corrected chi connectivity index (χ2v) is 5.87. The summed E-state index contributed by atoms with van der Waals surface area (Å²) in [6, 6.07) is 5.76. The fraction of sp³-hybridized carbons (Fsp3) is 0.500. The van der Waals surface area contributed by atoms with E-state index in [9.17, 15) is 9.59 Å². The van der Waals surface area contributed by atoms with Crippen molar-refractivity contribution in [3.8, 4) is 5.75 Å². The fourth-order valence-electron chi connectivity index (χ4n) is 2.63. The molecule has 0 bridgehead atoms. The van der Waals surface area contributed by atoms with Crippen LogP contribution in [0.25, 0.3) is 0 Å². The van der Waals surface area contributed by atoms with Crippen molar-refractivity contribution in [2.45, 2.75) is 37.8 Å². The third-order valence-corrected chi connectivity index (χ3v) is 3.80. The van der Waals surface area contributed by atoms with Crippen molar-refractivity contribution >= 4 is 11.9 Å². The largest absolute Gasteiger partial charge is 0.481 e. The van der Waals surface area contributed by atoms with Crippen LogP contribution in [0.3, 0.4) is 0 Å². The minimum absolute atomic E-state index is 0.140. The summed E-state index contributed by atoms with van der Waals surface area (Å²) < 4.78 is 5.64. The van der Waals surface area contributed by atoms with E-state index < -0.39 is 12.1 Å². The number of carboxylic acid groups (broad SMARTS) is 1. The Morgan fingerprint density at radius 2 is 2.14 bits per heavy atom. The summed E-state index contributed by atoms with van der Waals surface area (Å²) in [5.41, 5.74) is 8.33. The van der Waals surface area contributed by atoms with Crippen LogP contribution in [0.1, 0.15) is 24.0 Å². The van der Waals surface area contributed by atoms with Crippen LogP contribution < -0.4 is 10.5 Å². The topological polar surface area (TPSA) is 92.9 Å². The van der Waals surface area contributed by atoms with Crippen molar-refractivity contribution < 1.29 is 19.4 Å². The van der Waals surface area contributed by atoms with Gasteiger partial charge in [0.15, 0.2) is 6.10 Å². The van der Waals surface area contributed by atoms with Crippen LogP contribution in [0, 0.1) is 0 Å². The van der Waals surface area contributed by atoms with E-state index >= 15 is 0 Å². The minimum atomic E-state index is -1.07. The molecular formula is C16H22N2O4. The number of aryl methyl sites for hydroxylation is 1. The third kappa shape index (κ3) is 3.98. The molecule has 0 saturated heterocycles. The summed E-state index contributed by atoms with van der Waals surface area (Å²) in [5, 5.41) is 8.95. The summed E-state index contributed by atoms with van der Waals surface area (Å²) in [4.78, 5) is 24.3. The second kappa shape index (κ2) is 6.79. The molecule has 120 valence electrons. The number of aliphatic carboxylic acids is 1. The van der Waals surface area contributed by atoms with Crippen molar-refractivity contribution in [2.75, 3.05) is 14.1 Å². The zero-order valence-electron chi connectivity index (χ0n) is 12.9.